The van der Waals surface area contributed by atoms with Gasteiger partial charge in [-0.3, -0.25) is 0 Å². The van der Waals surface area contributed by atoms with Crippen LogP contribution in [0.5, 0.6) is 11.5 Å². The largest absolute Gasteiger partial charge is 0.507 e. The van der Waals surface area contributed by atoms with Crippen molar-refractivity contribution >= 4 is 25.4 Å². The number of ether oxygens (including phenoxy) is 1. The minimum atomic E-state index is -2.70. The lowest BCUT2D eigenvalue weighted by Gasteiger charge is -2.18. The van der Waals surface area contributed by atoms with E-state index in [1.165, 1.54) is 24.4 Å². The van der Waals surface area contributed by atoms with E-state index in [1.54, 1.807) is 6.07 Å². The maximum absolute atomic E-state index is 9.87. The Hall–Kier alpha value is -1.39. The van der Waals surface area contributed by atoms with Crippen molar-refractivity contribution in [2.24, 2.45) is 0 Å². The van der Waals surface area contributed by atoms with Crippen molar-refractivity contribution in [3.05, 3.63) is 52.6 Å². The van der Waals surface area contributed by atoms with Gasteiger partial charge in [-0.15, -0.1) is 11.8 Å². The summed E-state index contributed by atoms with van der Waals surface area (Å²) in [4.78, 5) is 10.8. The lowest BCUT2D eigenvalue weighted by atomic mass is 9.96. The normalized spacial score (nSPS) is 13.5. The molecule has 0 aliphatic rings. The van der Waals surface area contributed by atoms with E-state index in [1.807, 2.05) is 44.4 Å². The van der Waals surface area contributed by atoms with Gasteiger partial charge in [0, 0.05) is 12.0 Å². The monoisotopic (exact) mass is 380 g/mol. The molecule has 1 unspecified atom stereocenters. The number of benzene rings is 2. The van der Waals surface area contributed by atoms with E-state index < -0.39 is 7.34 Å². The molecule has 1 atom stereocenters. The maximum atomic E-state index is 9.87. The lowest BCUT2D eigenvalue weighted by Crippen LogP contribution is -2.03. The van der Waals surface area contributed by atoms with Gasteiger partial charge in [-0.05, 0) is 79.3 Å². The predicted molar refractivity (Wildman–Crippen MR) is 107 cm³/mol. The predicted octanol–water partition coefficient (Wildman–Crippen LogP) is 4.58. The first-order valence-corrected chi connectivity index (χ1v) is 11.1. The van der Waals surface area contributed by atoms with Crippen molar-refractivity contribution in [2.45, 2.75) is 25.2 Å². The van der Waals surface area contributed by atoms with Crippen LogP contribution in [0.3, 0.4) is 0 Å². The Morgan fingerprint density at radius 3 is 2.36 bits per heavy atom. The van der Waals surface area contributed by atoms with Crippen LogP contribution in [0.2, 0.25) is 0 Å². The van der Waals surface area contributed by atoms with E-state index in [0.29, 0.717) is 11.5 Å². The number of aryl methyl sites for hydroxylation is 2. The van der Waals surface area contributed by atoms with Gasteiger partial charge in [-0.25, -0.2) is 0 Å². The summed E-state index contributed by atoms with van der Waals surface area (Å²) in [6.07, 6.45) is 6.45. The van der Waals surface area contributed by atoms with E-state index in [4.69, 9.17) is 9.26 Å². The Morgan fingerprint density at radius 1 is 1.16 bits per heavy atom. The number of phenolic OH excluding ortho intramolecular Hbond substituents is 1. The van der Waals surface area contributed by atoms with Crippen LogP contribution in [0.15, 0.2) is 35.2 Å². The van der Waals surface area contributed by atoms with Crippen LogP contribution in [-0.2, 0) is 10.9 Å². The first-order valence-electron chi connectivity index (χ1n) is 7.85. The fraction of sp³-hybridized carbons (Fsp3) is 0.316. The van der Waals surface area contributed by atoms with Crippen molar-refractivity contribution in [1.29, 1.82) is 0 Å². The van der Waals surface area contributed by atoms with E-state index in [2.05, 4.69) is 6.30 Å². The SMILES string of the molecule is C=P(O)(COc1cc(C)c(Cc2ccc(O)c(SC)c2)c(C)c1)OC. The van der Waals surface area contributed by atoms with E-state index in [-0.39, 0.29) is 6.35 Å². The van der Waals surface area contributed by atoms with Crippen LogP contribution in [0.25, 0.3) is 0 Å². The molecule has 2 aromatic carbocycles. The summed E-state index contributed by atoms with van der Waals surface area (Å²) in [5, 5.41) is 9.82. The molecular formula is C19H25O4PS. The maximum Gasteiger partial charge on any atom is 0.152 e. The lowest BCUT2D eigenvalue weighted by molar-refractivity contribution is 0.317. The molecule has 0 aliphatic heterocycles. The standard InChI is InChI=1S/C19H25O4PS/c1-13-8-16(23-12-24(4,21)22-3)9-14(2)17(13)10-15-6-7-18(20)19(11-15)25-5/h6-9,11,20-21H,4,10,12H2,1-3,5H3. The third-order valence-electron chi connectivity index (χ3n) is 4.07. The van der Waals surface area contributed by atoms with Crippen LogP contribution in [0.1, 0.15) is 22.3 Å². The summed E-state index contributed by atoms with van der Waals surface area (Å²) >= 11 is 1.53. The second-order valence-electron chi connectivity index (χ2n) is 6.02. The van der Waals surface area contributed by atoms with Crippen molar-refractivity contribution in [3.8, 4) is 11.5 Å². The van der Waals surface area contributed by atoms with E-state index in [0.717, 1.165) is 28.0 Å². The van der Waals surface area contributed by atoms with Crippen molar-refractivity contribution in [2.75, 3.05) is 19.7 Å². The molecule has 136 valence electrons. The Morgan fingerprint density at radius 2 is 1.80 bits per heavy atom. The highest BCUT2D eigenvalue weighted by Gasteiger charge is 2.12. The van der Waals surface area contributed by atoms with Crippen LogP contribution in [-0.4, -0.2) is 36.0 Å². The summed E-state index contributed by atoms with van der Waals surface area (Å²) in [5.74, 6) is 1.02. The Bertz CT molecular complexity index is 781. The topological polar surface area (TPSA) is 58.9 Å². The number of rotatable bonds is 7. The molecule has 0 radical (unpaired) electrons. The van der Waals surface area contributed by atoms with Crippen LogP contribution >= 0.6 is 19.1 Å². The molecule has 0 saturated heterocycles. The average Bonchev–Trinajstić information content (AvgIpc) is 2.57. The van der Waals surface area contributed by atoms with E-state index in [9.17, 15) is 10.00 Å². The van der Waals surface area contributed by atoms with Gasteiger partial charge < -0.3 is 19.3 Å². The second kappa shape index (κ2) is 8.33. The first-order chi connectivity index (χ1) is 11.8. The molecule has 0 spiro atoms. The smallest absolute Gasteiger partial charge is 0.152 e. The average molecular weight is 380 g/mol. The zero-order chi connectivity index (χ0) is 18.6. The minimum Gasteiger partial charge on any atom is -0.507 e. The van der Waals surface area contributed by atoms with Crippen molar-refractivity contribution in [1.82, 2.24) is 0 Å². The third-order valence-corrected chi connectivity index (χ3v) is 6.05. The highest BCUT2D eigenvalue weighted by molar-refractivity contribution is 7.98. The fourth-order valence-electron chi connectivity index (χ4n) is 2.58. The van der Waals surface area contributed by atoms with Crippen LogP contribution < -0.4 is 4.74 Å². The summed E-state index contributed by atoms with van der Waals surface area (Å²) in [6, 6.07) is 9.65. The molecule has 6 heteroatoms. The molecule has 0 saturated carbocycles. The van der Waals surface area contributed by atoms with E-state index >= 15 is 0 Å². The molecule has 25 heavy (non-hydrogen) atoms. The van der Waals surface area contributed by atoms with Gasteiger partial charge in [0.1, 0.15) is 11.5 Å². The minimum absolute atomic E-state index is 0.0662. The summed E-state index contributed by atoms with van der Waals surface area (Å²) in [5.41, 5.74) is 4.63. The molecule has 0 bridgehead atoms. The summed E-state index contributed by atoms with van der Waals surface area (Å²) in [6.45, 7) is 4.10. The molecule has 0 aliphatic carbocycles. The van der Waals surface area contributed by atoms with Gasteiger partial charge in [0.15, 0.2) is 13.7 Å². The zero-order valence-electron chi connectivity index (χ0n) is 15.1. The highest BCUT2D eigenvalue weighted by atomic mass is 32.2. The molecule has 2 N–H and O–H groups in total. The molecule has 0 fully saturated rings. The number of hydrogen-bond acceptors (Lipinski definition) is 5. The zero-order valence-corrected chi connectivity index (χ0v) is 16.8. The molecular weight excluding hydrogens is 355 g/mol. The molecule has 2 rings (SSSR count). The van der Waals surface area contributed by atoms with Gasteiger partial charge in [0.05, 0.1) is 0 Å². The Kier molecular flexibility index (Phi) is 6.64. The quantitative estimate of drug-likeness (QED) is 0.544. The van der Waals surface area contributed by atoms with Crippen molar-refractivity contribution < 1.29 is 19.3 Å². The first kappa shape index (κ1) is 19.9. The molecule has 0 heterocycles. The van der Waals surface area contributed by atoms with Gasteiger partial charge in [-0.2, -0.15) is 0 Å². The van der Waals surface area contributed by atoms with Crippen molar-refractivity contribution in [3.63, 3.8) is 0 Å². The van der Waals surface area contributed by atoms with Gasteiger partial charge in [-0.1, -0.05) is 6.07 Å². The fourth-order valence-corrected chi connectivity index (χ4v) is 3.58. The molecule has 2 aromatic rings. The highest BCUT2D eigenvalue weighted by Crippen LogP contribution is 2.40. The van der Waals surface area contributed by atoms with Crippen LogP contribution in [0.4, 0.5) is 0 Å². The van der Waals surface area contributed by atoms with Crippen LogP contribution in [0, 0.1) is 13.8 Å². The van der Waals surface area contributed by atoms with Gasteiger partial charge in [0.2, 0.25) is 0 Å². The molecule has 0 aromatic heterocycles. The Labute approximate surface area is 153 Å². The number of phenols is 1. The van der Waals surface area contributed by atoms with Gasteiger partial charge in [0.25, 0.3) is 0 Å². The second-order valence-corrected chi connectivity index (χ2v) is 9.18. The number of aromatic hydroxyl groups is 1. The van der Waals surface area contributed by atoms with Gasteiger partial charge >= 0.3 is 0 Å². The number of hydrogen-bond donors (Lipinski definition) is 2. The summed E-state index contributed by atoms with van der Waals surface area (Å²) < 4.78 is 10.6. The molecule has 0 amide bonds. The number of thioether (sulfide) groups is 1. The Balaban J connectivity index is 2.21. The summed E-state index contributed by atoms with van der Waals surface area (Å²) in [7, 11) is -1.26. The third kappa shape index (κ3) is 5.29. The molecule has 4 nitrogen and oxygen atoms in total.